The number of hydrogen-bond acceptors (Lipinski definition) is 3. The lowest BCUT2D eigenvalue weighted by molar-refractivity contribution is -0.119. The van der Waals surface area contributed by atoms with Crippen LogP contribution >= 0.6 is 23.2 Å². The van der Waals surface area contributed by atoms with Gasteiger partial charge in [-0.05, 0) is 0 Å². The fourth-order valence-electron chi connectivity index (χ4n) is 0.943. The molecule has 70 valence electrons. The zero-order valence-corrected chi connectivity index (χ0v) is 7.98. The molecule has 1 heterocycles. The molecule has 3 nitrogen and oxygen atoms in total. The largest absolute Gasteiger partial charge is 0.350 e. The highest BCUT2D eigenvalue weighted by molar-refractivity contribution is 6.53. The summed E-state index contributed by atoms with van der Waals surface area (Å²) in [5.74, 6) is -0.183. The van der Waals surface area contributed by atoms with E-state index in [1.54, 1.807) is 0 Å². The van der Waals surface area contributed by atoms with Crippen LogP contribution in [0.3, 0.4) is 0 Å². The van der Waals surface area contributed by atoms with Crippen molar-refractivity contribution in [1.29, 1.82) is 0 Å². The number of rotatable bonds is 4. The Hall–Kier alpha value is 0.170. The van der Waals surface area contributed by atoms with Crippen molar-refractivity contribution in [3.05, 3.63) is 0 Å². The van der Waals surface area contributed by atoms with E-state index in [9.17, 15) is 4.79 Å². The molecule has 1 fully saturated rings. The molecule has 1 aliphatic rings. The van der Waals surface area contributed by atoms with Crippen LogP contribution in [0, 0.1) is 0 Å². The normalized spacial score (nSPS) is 18.9. The topological polar surface area (TPSA) is 35.5 Å². The molecule has 0 aromatic carbocycles. The van der Waals surface area contributed by atoms with Crippen LogP contribution in [0.15, 0.2) is 0 Å². The molecule has 1 saturated heterocycles. The second kappa shape index (κ2) is 5.02. The molecule has 0 aromatic heterocycles. The number of alkyl halides is 2. The summed E-state index contributed by atoms with van der Waals surface area (Å²) in [7, 11) is 0. The van der Waals surface area contributed by atoms with Gasteiger partial charge in [-0.25, -0.2) is 0 Å². The average molecular weight is 213 g/mol. The molecule has 0 spiro atoms. The van der Waals surface area contributed by atoms with Gasteiger partial charge < -0.3 is 9.47 Å². The molecule has 5 heteroatoms. The minimum absolute atomic E-state index is 0.183. The van der Waals surface area contributed by atoms with Gasteiger partial charge in [0.15, 0.2) is 16.9 Å². The summed E-state index contributed by atoms with van der Waals surface area (Å²) < 4.78 is 10.2. The van der Waals surface area contributed by atoms with E-state index in [2.05, 4.69) is 0 Å². The monoisotopic (exact) mass is 212 g/mol. The molecule has 0 atom stereocenters. The summed E-state index contributed by atoms with van der Waals surface area (Å²) in [5.41, 5.74) is 0. The maximum absolute atomic E-state index is 10.9. The van der Waals surface area contributed by atoms with Gasteiger partial charge in [-0.15, -0.1) is 0 Å². The van der Waals surface area contributed by atoms with Gasteiger partial charge in [-0.2, -0.15) is 0 Å². The predicted molar refractivity (Wildman–Crippen MR) is 45.4 cm³/mol. The SMILES string of the molecule is O=C(CCC1OCCO1)C(Cl)Cl. The Balaban J connectivity index is 2.12. The summed E-state index contributed by atoms with van der Waals surface area (Å²) >= 11 is 10.7. The van der Waals surface area contributed by atoms with Gasteiger partial charge in [0.2, 0.25) is 0 Å². The summed E-state index contributed by atoms with van der Waals surface area (Å²) in [6, 6.07) is 0. The maximum atomic E-state index is 10.9. The lowest BCUT2D eigenvalue weighted by atomic mass is 10.2. The highest BCUT2D eigenvalue weighted by Gasteiger charge is 2.19. The highest BCUT2D eigenvalue weighted by atomic mass is 35.5. The van der Waals surface area contributed by atoms with Crippen LogP contribution in [0.1, 0.15) is 12.8 Å². The molecule has 0 radical (unpaired) electrons. The van der Waals surface area contributed by atoms with Gasteiger partial charge in [0, 0.05) is 12.8 Å². The van der Waals surface area contributed by atoms with E-state index in [4.69, 9.17) is 32.7 Å². The van der Waals surface area contributed by atoms with Crippen molar-refractivity contribution in [3.8, 4) is 0 Å². The molecule has 0 aliphatic carbocycles. The zero-order valence-electron chi connectivity index (χ0n) is 6.46. The van der Waals surface area contributed by atoms with Gasteiger partial charge in [-0.3, -0.25) is 4.79 Å². The van der Waals surface area contributed by atoms with Gasteiger partial charge in [0.1, 0.15) is 0 Å². The van der Waals surface area contributed by atoms with E-state index >= 15 is 0 Å². The second-order valence-corrected chi connectivity index (χ2v) is 3.57. The van der Waals surface area contributed by atoms with E-state index in [0.717, 1.165) is 0 Å². The second-order valence-electron chi connectivity index (χ2n) is 2.48. The van der Waals surface area contributed by atoms with E-state index < -0.39 is 4.84 Å². The Morgan fingerprint density at radius 2 is 2.00 bits per heavy atom. The molecule has 12 heavy (non-hydrogen) atoms. The van der Waals surface area contributed by atoms with Crippen molar-refractivity contribution in [3.63, 3.8) is 0 Å². The number of halogens is 2. The van der Waals surface area contributed by atoms with Crippen molar-refractivity contribution in [1.82, 2.24) is 0 Å². The number of ether oxygens (including phenoxy) is 2. The Morgan fingerprint density at radius 3 is 2.50 bits per heavy atom. The van der Waals surface area contributed by atoms with Gasteiger partial charge in [0.25, 0.3) is 0 Å². The third-order valence-corrected chi connectivity index (χ3v) is 2.05. The van der Waals surface area contributed by atoms with Gasteiger partial charge in [0.05, 0.1) is 13.2 Å². The minimum atomic E-state index is -0.925. The number of carbonyl (C=O) groups excluding carboxylic acids is 1. The number of Topliss-reactive ketones (excluding diaryl/α,β-unsaturated/α-hetero) is 1. The number of hydrogen-bond donors (Lipinski definition) is 0. The van der Waals surface area contributed by atoms with Crippen LogP contribution in [0.5, 0.6) is 0 Å². The van der Waals surface area contributed by atoms with Crippen LogP contribution in [0.25, 0.3) is 0 Å². The zero-order chi connectivity index (χ0) is 8.97. The predicted octanol–water partition coefficient (Wildman–Crippen LogP) is 1.51. The molecular weight excluding hydrogens is 203 g/mol. The summed E-state index contributed by atoms with van der Waals surface area (Å²) in [6.45, 7) is 1.20. The van der Waals surface area contributed by atoms with Crippen molar-refractivity contribution in [2.75, 3.05) is 13.2 Å². The quantitative estimate of drug-likeness (QED) is 0.664. The fraction of sp³-hybridized carbons (Fsp3) is 0.857. The standard InChI is InChI=1S/C7H10Cl2O3/c8-7(9)5(10)1-2-6-11-3-4-12-6/h6-7H,1-4H2. The van der Waals surface area contributed by atoms with Crippen molar-refractivity contribution in [2.24, 2.45) is 0 Å². The molecule has 0 aromatic rings. The molecule has 0 N–H and O–H groups in total. The first kappa shape index (κ1) is 10.3. The van der Waals surface area contributed by atoms with Crippen LogP contribution < -0.4 is 0 Å². The summed E-state index contributed by atoms with van der Waals surface area (Å²) in [6.07, 6.45) is 0.595. The molecule has 0 bridgehead atoms. The summed E-state index contributed by atoms with van der Waals surface area (Å²) in [4.78, 5) is 10.00. The Morgan fingerprint density at radius 1 is 1.42 bits per heavy atom. The van der Waals surface area contributed by atoms with E-state index in [1.165, 1.54) is 0 Å². The molecular formula is C7H10Cl2O3. The van der Waals surface area contributed by atoms with Crippen molar-refractivity contribution in [2.45, 2.75) is 24.0 Å². The first-order chi connectivity index (χ1) is 5.70. The average Bonchev–Trinajstić information content (AvgIpc) is 2.51. The maximum Gasteiger partial charge on any atom is 0.165 e. The minimum Gasteiger partial charge on any atom is -0.350 e. The van der Waals surface area contributed by atoms with E-state index in [-0.39, 0.29) is 12.1 Å². The van der Waals surface area contributed by atoms with Gasteiger partial charge >= 0.3 is 0 Å². The van der Waals surface area contributed by atoms with E-state index in [0.29, 0.717) is 26.1 Å². The first-order valence-corrected chi connectivity index (χ1v) is 4.61. The van der Waals surface area contributed by atoms with Crippen LogP contribution in [0.4, 0.5) is 0 Å². The van der Waals surface area contributed by atoms with E-state index in [1.807, 2.05) is 0 Å². The molecule has 0 saturated carbocycles. The van der Waals surface area contributed by atoms with Crippen LogP contribution in [0.2, 0.25) is 0 Å². The lowest BCUT2D eigenvalue weighted by Crippen LogP contribution is -2.14. The Kier molecular flexibility index (Phi) is 4.29. The fourth-order valence-corrected chi connectivity index (χ4v) is 1.16. The molecule has 0 unspecified atom stereocenters. The molecule has 0 amide bonds. The Bertz CT molecular complexity index is 155. The highest BCUT2D eigenvalue weighted by Crippen LogP contribution is 2.13. The van der Waals surface area contributed by atoms with Crippen LogP contribution in [-0.4, -0.2) is 30.1 Å². The lowest BCUT2D eigenvalue weighted by Gasteiger charge is -2.07. The first-order valence-electron chi connectivity index (χ1n) is 3.74. The Labute approximate surface area is 80.9 Å². The molecule has 1 aliphatic heterocycles. The third kappa shape index (κ3) is 3.27. The third-order valence-electron chi connectivity index (χ3n) is 1.56. The molecule has 1 rings (SSSR count). The number of carbonyl (C=O) groups is 1. The summed E-state index contributed by atoms with van der Waals surface area (Å²) in [5, 5.41) is 0. The van der Waals surface area contributed by atoms with Crippen molar-refractivity contribution < 1.29 is 14.3 Å². The van der Waals surface area contributed by atoms with Gasteiger partial charge in [-0.1, -0.05) is 23.2 Å². The van der Waals surface area contributed by atoms with Crippen LogP contribution in [-0.2, 0) is 14.3 Å². The van der Waals surface area contributed by atoms with Crippen molar-refractivity contribution >= 4 is 29.0 Å². The number of ketones is 1. The smallest absolute Gasteiger partial charge is 0.165 e.